The van der Waals surface area contributed by atoms with Crippen molar-refractivity contribution in [3.8, 4) is 11.5 Å². The van der Waals surface area contributed by atoms with E-state index in [1.165, 1.54) is 0 Å². The first-order chi connectivity index (χ1) is 11.5. The lowest BCUT2D eigenvalue weighted by Crippen LogP contribution is -2.19. The summed E-state index contributed by atoms with van der Waals surface area (Å²) < 4.78 is 11.1. The molecule has 4 heteroatoms. The fourth-order valence-electron chi connectivity index (χ4n) is 2.79. The summed E-state index contributed by atoms with van der Waals surface area (Å²) >= 11 is 0. The molecule has 0 amide bonds. The van der Waals surface area contributed by atoms with Gasteiger partial charge in [-0.05, 0) is 45.4 Å². The minimum atomic E-state index is 0.264. The van der Waals surface area contributed by atoms with Gasteiger partial charge in [0.25, 0.3) is 0 Å². The number of rotatable bonds is 8. The maximum atomic E-state index is 5.68. The molecule has 0 fully saturated rings. The zero-order valence-electron chi connectivity index (χ0n) is 15.2. The average Bonchev–Trinajstić information content (AvgIpc) is 2.54. The highest BCUT2D eigenvalue weighted by atomic mass is 16.5. The number of hydrogen-bond donors (Lipinski definition) is 2. The van der Waals surface area contributed by atoms with Crippen molar-refractivity contribution < 1.29 is 9.47 Å². The largest absolute Gasteiger partial charge is 0.497 e. The van der Waals surface area contributed by atoms with Gasteiger partial charge in [-0.1, -0.05) is 18.2 Å². The Morgan fingerprint density at radius 3 is 2.21 bits per heavy atom. The Balaban J connectivity index is 2.23. The predicted molar refractivity (Wildman–Crippen MR) is 102 cm³/mol. The molecular formula is C20H28N2O2. The Labute approximate surface area is 145 Å². The van der Waals surface area contributed by atoms with Crippen molar-refractivity contribution >= 4 is 11.4 Å². The van der Waals surface area contributed by atoms with E-state index in [1.54, 1.807) is 14.2 Å². The van der Waals surface area contributed by atoms with E-state index < -0.39 is 0 Å². The summed E-state index contributed by atoms with van der Waals surface area (Å²) in [7, 11) is 3.41. The van der Waals surface area contributed by atoms with Gasteiger partial charge in [-0.3, -0.25) is 0 Å². The maximum absolute atomic E-state index is 5.68. The highest BCUT2D eigenvalue weighted by Crippen LogP contribution is 2.35. The lowest BCUT2D eigenvalue weighted by atomic mass is 10.0. The summed E-state index contributed by atoms with van der Waals surface area (Å²) in [6.45, 7) is 6.39. The molecule has 2 aromatic rings. The number of hydrogen-bond acceptors (Lipinski definition) is 4. The minimum absolute atomic E-state index is 0.264. The molecule has 0 aliphatic rings. The van der Waals surface area contributed by atoms with E-state index in [9.17, 15) is 0 Å². The van der Waals surface area contributed by atoms with Crippen molar-refractivity contribution in [1.29, 1.82) is 0 Å². The molecule has 0 aliphatic carbocycles. The molecule has 0 spiro atoms. The van der Waals surface area contributed by atoms with Crippen LogP contribution in [-0.2, 0) is 6.42 Å². The maximum Gasteiger partial charge on any atom is 0.145 e. The van der Waals surface area contributed by atoms with Gasteiger partial charge in [-0.2, -0.15) is 0 Å². The van der Waals surface area contributed by atoms with E-state index in [4.69, 9.17) is 9.47 Å². The van der Waals surface area contributed by atoms with E-state index in [0.717, 1.165) is 34.9 Å². The third-order valence-corrected chi connectivity index (χ3v) is 3.74. The molecule has 130 valence electrons. The normalized spacial score (nSPS) is 11.9. The van der Waals surface area contributed by atoms with Crippen LogP contribution in [0.15, 0.2) is 42.5 Å². The molecule has 0 heterocycles. The van der Waals surface area contributed by atoms with Crippen molar-refractivity contribution in [3.63, 3.8) is 0 Å². The van der Waals surface area contributed by atoms with Gasteiger partial charge >= 0.3 is 0 Å². The molecule has 24 heavy (non-hydrogen) atoms. The number of ether oxygens (including phenoxy) is 2. The molecule has 0 saturated heterocycles. The molecule has 2 N–H and O–H groups in total. The fourth-order valence-corrected chi connectivity index (χ4v) is 2.79. The lowest BCUT2D eigenvalue weighted by molar-refractivity contribution is 0.399. The van der Waals surface area contributed by atoms with Crippen LogP contribution < -0.4 is 20.1 Å². The van der Waals surface area contributed by atoms with Gasteiger partial charge < -0.3 is 20.1 Å². The Hall–Kier alpha value is -2.36. The standard InChI is InChI=1S/C20H28N2O2/c1-14(2)21-19-13-18(23-4)12-16(20(19)24-5)11-15(3)22-17-9-7-6-8-10-17/h6-10,12-15,21-22H,11H2,1-5H3. The van der Waals surface area contributed by atoms with E-state index >= 15 is 0 Å². The van der Waals surface area contributed by atoms with Crippen molar-refractivity contribution in [2.24, 2.45) is 0 Å². The molecule has 0 radical (unpaired) electrons. The zero-order chi connectivity index (χ0) is 17.5. The van der Waals surface area contributed by atoms with Crippen LogP contribution in [0.4, 0.5) is 11.4 Å². The van der Waals surface area contributed by atoms with Gasteiger partial charge in [0.05, 0.1) is 19.9 Å². The second-order valence-corrected chi connectivity index (χ2v) is 6.28. The van der Waals surface area contributed by atoms with Crippen LogP contribution >= 0.6 is 0 Å². The molecule has 4 nitrogen and oxygen atoms in total. The molecule has 0 bridgehead atoms. The summed E-state index contributed by atoms with van der Waals surface area (Å²) in [6.07, 6.45) is 0.835. The van der Waals surface area contributed by atoms with Gasteiger partial charge in [-0.25, -0.2) is 0 Å². The van der Waals surface area contributed by atoms with E-state index in [-0.39, 0.29) is 6.04 Å². The third kappa shape index (κ3) is 4.82. The number of anilines is 2. The van der Waals surface area contributed by atoms with Crippen molar-refractivity contribution in [1.82, 2.24) is 0 Å². The van der Waals surface area contributed by atoms with Crippen molar-refractivity contribution in [3.05, 3.63) is 48.0 Å². The van der Waals surface area contributed by atoms with Crippen molar-refractivity contribution in [2.45, 2.75) is 39.3 Å². The molecule has 1 atom stereocenters. The van der Waals surface area contributed by atoms with Crippen LogP contribution in [0.3, 0.4) is 0 Å². The Morgan fingerprint density at radius 2 is 1.62 bits per heavy atom. The van der Waals surface area contributed by atoms with E-state index in [2.05, 4.69) is 43.5 Å². The predicted octanol–water partition coefficient (Wildman–Crippen LogP) is 4.57. The van der Waals surface area contributed by atoms with Gasteiger partial charge in [0, 0.05) is 29.4 Å². The monoisotopic (exact) mass is 328 g/mol. The fraction of sp³-hybridized carbons (Fsp3) is 0.400. The van der Waals surface area contributed by atoms with Crippen LogP contribution in [0.1, 0.15) is 26.3 Å². The van der Waals surface area contributed by atoms with Crippen LogP contribution in [0.5, 0.6) is 11.5 Å². The summed E-state index contributed by atoms with van der Waals surface area (Å²) in [5.41, 5.74) is 3.21. The zero-order valence-corrected chi connectivity index (χ0v) is 15.2. The van der Waals surface area contributed by atoms with E-state index in [1.807, 2.05) is 30.3 Å². The van der Waals surface area contributed by atoms with Crippen LogP contribution in [-0.4, -0.2) is 26.3 Å². The topological polar surface area (TPSA) is 42.5 Å². The number of para-hydroxylation sites is 1. The highest BCUT2D eigenvalue weighted by molar-refractivity contribution is 5.64. The Kier molecular flexibility index (Phi) is 6.36. The molecular weight excluding hydrogens is 300 g/mol. The van der Waals surface area contributed by atoms with Crippen LogP contribution in [0.25, 0.3) is 0 Å². The highest BCUT2D eigenvalue weighted by Gasteiger charge is 2.15. The first kappa shape index (κ1) is 18.0. The van der Waals surface area contributed by atoms with E-state index in [0.29, 0.717) is 6.04 Å². The molecule has 2 aromatic carbocycles. The third-order valence-electron chi connectivity index (χ3n) is 3.74. The summed E-state index contributed by atoms with van der Waals surface area (Å²) in [6, 6.07) is 14.9. The molecule has 2 rings (SSSR count). The minimum Gasteiger partial charge on any atom is -0.497 e. The number of nitrogens with one attached hydrogen (secondary N) is 2. The summed E-state index contributed by atoms with van der Waals surface area (Å²) in [5, 5.41) is 6.96. The second-order valence-electron chi connectivity index (χ2n) is 6.28. The van der Waals surface area contributed by atoms with Crippen LogP contribution in [0, 0.1) is 0 Å². The quantitative estimate of drug-likeness (QED) is 0.745. The SMILES string of the molecule is COc1cc(CC(C)Nc2ccccc2)c(OC)c(NC(C)C)c1. The van der Waals surface area contributed by atoms with Gasteiger partial charge in [0.15, 0.2) is 0 Å². The van der Waals surface area contributed by atoms with Gasteiger partial charge in [0.1, 0.15) is 11.5 Å². The summed E-state index contributed by atoms with van der Waals surface area (Å²) in [4.78, 5) is 0. The Morgan fingerprint density at radius 1 is 0.917 bits per heavy atom. The number of benzene rings is 2. The molecule has 1 unspecified atom stereocenters. The molecule has 0 aromatic heterocycles. The van der Waals surface area contributed by atoms with Crippen molar-refractivity contribution in [2.75, 3.05) is 24.9 Å². The van der Waals surface area contributed by atoms with Crippen LogP contribution in [0.2, 0.25) is 0 Å². The second kappa shape index (κ2) is 8.48. The average molecular weight is 328 g/mol. The number of methoxy groups -OCH3 is 2. The smallest absolute Gasteiger partial charge is 0.145 e. The lowest BCUT2D eigenvalue weighted by Gasteiger charge is -2.21. The van der Waals surface area contributed by atoms with Gasteiger partial charge in [0.2, 0.25) is 0 Å². The molecule has 0 aliphatic heterocycles. The Bertz CT molecular complexity index is 642. The summed E-state index contributed by atoms with van der Waals surface area (Å²) in [5.74, 6) is 1.71. The van der Waals surface area contributed by atoms with Gasteiger partial charge in [-0.15, -0.1) is 0 Å². The molecule has 0 saturated carbocycles. The first-order valence-electron chi connectivity index (χ1n) is 8.36. The first-order valence-corrected chi connectivity index (χ1v) is 8.36.